The lowest BCUT2D eigenvalue weighted by Crippen LogP contribution is -2.03. The number of nitrogens with zero attached hydrogens (tertiary/aromatic N) is 1. The Labute approximate surface area is 92.4 Å². The van der Waals surface area contributed by atoms with Crippen LogP contribution in [-0.2, 0) is 11.2 Å². The van der Waals surface area contributed by atoms with Gasteiger partial charge in [-0.1, -0.05) is 0 Å². The Bertz CT molecular complexity index is 356. The van der Waals surface area contributed by atoms with Gasteiger partial charge in [0.05, 0.1) is 0 Å². The molecule has 0 aromatic carbocycles. The molecular weight excluding hydrogens is 216 g/mol. The standard InChI is InChI=1S/C11H13F2NO2/c1-8(15)16-11-7-9(5-6-14-11)3-2-4-10(12)13/h5-7,10H,2-4H2,1H3. The number of ether oxygens (including phenoxy) is 1. The number of pyridine rings is 1. The van der Waals surface area contributed by atoms with Gasteiger partial charge in [0.2, 0.25) is 12.3 Å². The molecule has 1 rings (SSSR count). The van der Waals surface area contributed by atoms with E-state index in [2.05, 4.69) is 4.98 Å². The summed E-state index contributed by atoms with van der Waals surface area (Å²) in [5, 5.41) is 0. The van der Waals surface area contributed by atoms with Gasteiger partial charge in [0.25, 0.3) is 0 Å². The van der Waals surface area contributed by atoms with Crippen molar-refractivity contribution in [2.24, 2.45) is 0 Å². The highest BCUT2D eigenvalue weighted by atomic mass is 19.3. The first kappa shape index (κ1) is 12.5. The molecule has 0 aliphatic rings. The third kappa shape index (κ3) is 4.82. The van der Waals surface area contributed by atoms with E-state index in [1.165, 1.54) is 13.1 Å². The van der Waals surface area contributed by atoms with Crippen LogP contribution in [0.15, 0.2) is 18.3 Å². The van der Waals surface area contributed by atoms with Crippen molar-refractivity contribution in [2.45, 2.75) is 32.6 Å². The minimum atomic E-state index is -2.27. The summed E-state index contributed by atoms with van der Waals surface area (Å²) in [4.78, 5) is 14.5. The highest BCUT2D eigenvalue weighted by Crippen LogP contribution is 2.13. The zero-order valence-electron chi connectivity index (χ0n) is 8.95. The molecule has 0 unspecified atom stereocenters. The number of esters is 1. The fraction of sp³-hybridized carbons (Fsp3) is 0.455. The van der Waals surface area contributed by atoms with Crippen molar-refractivity contribution in [1.82, 2.24) is 4.98 Å². The molecule has 1 aromatic rings. The minimum Gasteiger partial charge on any atom is -0.408 e. The second-order valence-electron chi connectivity index (χ2n) is 3.38. The van der Waals surface area contributed by atoms with Crippen LogP contribution in [0, 0.1) is 0 Å². The number of aromatic nitrogens is 1. The Kier molecular flexibility index (Phi) is 4.82. The van der Waals surface area contributed by atoms with Crippen molar-refractivity contribution in [1.29, 1.82) is 0 Å². The van der Waals surface area contributed by atoms with Crippen LogP contribution in [0.2, 0.25) is 0 Å². The molecule has 3 nitrogen and oxygen atoms in total. The summed E-state index contributed by atoms with van der Waals surface area (Å²) in [6.45, 7) is 1.28. The SMILES string of the molecule is CC(=O)Oc1cc(CCCC(F)F)ccn1. The van der Waals surface area contributed by atoms with Crippen LogP contribution in [-0.4, -0.2) is 17.4 Å². The third-order valence-electron chi connectivity index (χ3n) is 1.94. The average molecular weight is 229 g/mol. The van der Waals surface area contributed by atoms with Crippen LogP contribution in [0.1, 0.15) is 25.3 Å². The molecule has 1 heterocycles. The van der Waals surface area contributed by atoms with Gasteiger partial charge in [-0.2, -0.15) is 0 Å². The second-order valence-corrected chi connectivity index (χ2v) is 3.38. The van der Waals surface area contributed by atoms with E-state index in [1.807, 2.05) is 0 Å². The minimum absolute atomic E-state index is 0.120. The first-order valence-electron chi connectivity index (χ1n) is 4.99. The van der Waals surface area contributed by atoms with E-state index in [4.69, 9.17) is 4.74 Å². The number of halogens is 2. The Balaban J connectivity index is 2.50. The van der Waals surface area contributed by atoms with E-state index in [0.717, 1.165) is 5.56 Å². The van der Waals surface area contributed by atoms with Crippen LogP contribution in [0.3, 0.4) is 0 Å². The first-order chi connectivity index (χ1) is 7.58. The average Bonchev–Trinajstić information content (AvgIpc) is 2.16. The molecule has 0 spiro atoms. The van der Waals surface area contributed by atoms with Gasteiger partial charge >= 0.3 is 5.97 Å². The van der Waals surface area contributed by atoms with Crippen molar-refractivity contribution in [3.8, 4) is 5.88 Å². The fourth-order valence-corrected chi connectivity index (χ4v) is 1.27. The van der Waals surface area contributed by atoms with Crippen LogP contribution in [0.4, 0.5) is 8.78 Å². The lowest BCUT2D eigenvalue weighted by molar-refractivity contribution is -0.132. The van der Waals surface area contributed by atoms with Crippen molar-refractivity contribution in [3.63, 3.8) is 0 Å². The van der Waals surface area contributed by atoms with E-state index in [0.29, 0.717) is 12.8 Å². The number of aryl methyl sites for hydroxylation is 1. The molecule has 1 aromatic heterocycles. The van der Waals surface area contributed by atoms with E-state index < -0.39 is 12.4 Å². The van der Waals surface area contributed by atoms with Gasteiger partial charge in [0.15, 0.2) is 0 Å². The number of hydrogen-bond donors (Lipinski definition) is 0. The Morgan fingerprint density at radius 1 is 1.56 bits per heavy atom. The van der Waals surface area contributed by atoms with Crippen molar-refractivity contribution in [2.75, 3.05) is 0 Å². The van der Waals surface area contributed by atoms with E-state index >= 15 is 0 Å². The van der Waals surface area contributed by atoms with Gasteiger partial charge in [-0.3, -0.25) is 4.79 Å². The summed E-state index contributed by atoms with van der Waals surface area (Å²) in [5.74, 6) is -0.237. The monoisotopic (exact) mass is 229 g/mol. The molecule has 0 radical (unpaired) electrons. The van der Waals surface area contributed by atoms with Crippen LogP contribution in [0.5, 0.6) is 5.88 Å². The molecule has 16 heavy (non-hydrogen) atoms. The molecule has 0 amide bonds. The van der Waals surface area contributed by atoms with Crippen molar-refractivity contribution < 1.29 is 18.3 Å². The maximum Gasteiger partial charge on any atom is 0.309 e. The maximum atomic E-state index is 11.9. The summed E-state index contributed by atoms with van der Waals surface area (Å²) >= 11 is 0. The molecule has 88 valence electrons. The Morgan fingerprint density at radius 2 is 2.31 bits per heavy atom. The molecule has 0 N–H and O–H groups in total. The Morgan fingerprint density at radius 3 is 2.94 bits per heavy atom. The number of carbonyl (C=O) groups is 1. The highest BCUT2D eigenvalue weighted by molar-refractivity contribution is 5.68. The van der Waals surface area contributed by atoms with Crippen molar-refractivity contribution >= 4 is 5.97 Å². The van der Waals surface area contributed by atoms with Crippen LogP contribution in [0.25, 0.3) is 0 Å². The lowest BCUT2D eigenvalue weighted by Gasteiger charge is -2.03. The van der Waals surface area contributed by atoms with Gasteiger partial charge in [-0.25, -0.2) is 13.8 Å². The van der Waals surface area contributed by atoms with Crippen LogP contribution >= 0.6 is 0 Å². The molecule has 0 aliphatic heterocycles. The predicted molar refractivity (Wildman–Crippen MR) is 54.5 cm³/mol. The lowest BCUT2D eigenvalue weighted by atomic mass is 10.1. The van der Waals surface area contributed by atoms with Gasteiger partial charge in [-0.15, -0.1) is 0 Å². The van der Waals surface area contributed by atoms with Crippen LogP contribution < -0.4 is 4.74 Å². The fourth-order valence-electron chi connectivity index (χ4n) is 1.27. The number of carbonyl (C=O) groups excluding carboxylic acids is 1. The van der Waals surface area contributed by atoms with Gasteiger partial charge < -0.3 is 4.74 Å². The molecule has 0 bridgehead atoms. The summed E-state index contributed by atoms with van der Waals surface area (Å²) in [6, 6.07) is 3.31. The predicted octanol–water partition coefficient (Wildman–Crippen LogP) is 2.59. The van der Waals surface area contributed by atoms with E-state index in [9.17, 15) is 13.6 Å². The maximum absolute atomic E-state index is 11.9. The normalized spacial score (nSPS) is 10.5. The number of alkyl halides is 2. The summed E-state index contributed by atoms with van der Waals surface area (Å²) in [6.07, 6.45) is 0.0403. The Hall–Kier alpha value is -1.52. The topological polar surface area (TPSA) is 39.2 Å². The largest absolute Gasteiger partial charge is 0.408 e. The molecule has 0 aliphatic carbocycles. The van der Waals surface area contributed by atoms with Crippen molar-refractivity contribution in [3.05, 3.63) is 23.9 Å². The molecular formula is C11H13F2NO2. The zero-order valence-corrected chi connectivity index (χ0v) is 8.95. The summed E-state index contributed by atoms with van der Waals surface area (Å²) in [5.41, 5.74) is 0.840. The van der Waals surface area contributed by atoms with E-state index in [1.54, 1.807) is 12.1 Å². The smallest absolute Gasteiger partial charge is 0.309 e. The zero-order chi connectivity index (χ0) is 12.0. The number of rotatable bonds is 5. The molecule has 0 atom stereocenters. The van der Waals surface area contributed by atoms with E-state index in [-0.39, 0.29) is 12.3 Å². The van der Waals surface area contributed by atoms with Gasteiger partial charge in [-0.05, 0) is 24.5 Å². The van der Waals surface area contributed by atoms with Gasteiger partial charge in [0.1, 0.15) is 0 Å². The first-order valence-corrected chi connectivity index (χ1v) is 4.99. The third-order valence-corrected chi connectivity index (χ3v) is 1.94. The molecule has 0 fully saturated rings. The molecule has 0 saturated heterocycles. The van der Waals surface area contributed by atoms with Gasteiger partial charge in [0, 0.05) is 25.6 Å². The second kappa shape index (κ2) is 6.15. The molecule has 0 saturated carbocycles. The highest BCUT2D eigenvalue weighted by Gasteiger charge is 2.04. The summed E-state index contributed by atoms with van der Waals surface area (Å²) < 4.78 is 28.6. The molecule has 5 heteroatoms. The summed E-state index contributed by atoms with van der Waals surface area (Å²) in [7, 11) is 0. The number of hydrogen-bond acceptors (Lipinski definition) is 3. The quantitative estimate of drug-likeness (QED) is 0.728.